The van der Waals surface area contributed by atoms with Crippen molar-refractivity contribution >= 4 is 0 Å². The van der Waals surface area contributed by atoms with Gasteiger partial charge in [0.05, 0.1) is 0 Å². The predicted octanol–water partition coefficient (Wildman–Crippen LogP) is -1.79. The second-order valence-electron chi connectivity index (χ2n) is 1.91. The predicted molar refractivity (Wildman–Crippen MR) is 30.6 cm³/mol. The van der Waals surface area contributed by atoms with Gasteiger partial charge < -0.3 is 5.11 Å². The fourth-order valence-corrected chi connectivity index (χ4v) is 0.613. The molecule has 48 valence electrons. The van der Waals surface area contributed by atoms with Crippen LogP contribution in [0.15, 0.2) is 18.2 Å². The summed E-state index contributed by atoms with van der Waals surface area (Å²) in [5.74, 6) is -0.469. The number of hydrogen-bond acceptors (Lipinski definition) is 1. The first-order valence-corrected chi connectivity index (χ1v) is 2.63. The Kier molecular flexibility index (Phi) is 3.49. The van der Waals surface area contributed by atoms with Gasteiger partial charge in [-0.2, -0.15) is 0 Å². The summed E-state index contributed by atoms with van der Waals surface area (Å²) in [7, 11) is 0. The first kappa shape index (κ1) is 9.55. The van der Waals surface area contributed by atoms with Crippen molar-refractivity contribution in [3.05, 3.63) is 29.6 Å². The molecule has 0 aliphatic heterocycles. The third-order valence-electron chi connectivity index (χ3n) is 1.14. The second kappa shape index (κ2) is 3.65. The number of rotatable bonds is 0. The minimum Gasteiger partial charge on any atom is -0.872 e. The van der Waals surface area contributed by atoms with E-state index in [0.29, 0.717) is 5.56 Å². The summed E-state index contributed by atoms with van der Waals surface area (Å²) in [6.07, 6.45) is 0. The molecule has 0 heterocycles. The van der Waals surface area contributed by atoms with Gasteiger partial charge in [-0.3, -0.25) is 0 Å². The van der Waals surface area contributed by atoms with Crippen molar-refractivity contribution in [2.45, 2.75) is 6.92 Å². The Balaban J connectivity index is 0.000000810. The Bertz CT molecular complexity index is 225. The van der Waals surface area contributed by atoms with Crippen LogP contribution < -0.4 is 24.0 Å². The maximum absolute atomic E-state index is 12.2. The van der Waals surface area contributed by atoms with E-state index in [9.17, 15) is 9.50 Å². The van der Waals surface area contributed by atoms with Gasteiger partial charge >= 0.3 is 18.9 Å². The smallest absolute Gasteiger partial charge is 0.872 e. The van der Waals surface area contributed by atoms with E-state index < -0.39 is 0 Å². The standard InChI is InChI=1S/C7H7FO.Li/c1-5-4-6(8)2-3-7(5)9;/h2-4,9H,1H3;/q;+1/p-1. The van der Waals surface area contributed by atoms with Crippen molar-refractivity contribution in [1.29, 1.82) is 0 Å². The first-order chi connectivity index (χ1) is 4.20. The molecule has 0 aliphatic carbocycles. The fraction of sp³-hybridized carbons (Fsp3) is 0.143. The summed E-state index contributed by atoms with van der Waals surface area (Å²) >= 11 is 0. The van der Waals surface area contributed by atoms with Crippen molar-refractivity contribution in [3.63, 3.8) is 0 Å². The van der Waals surface area contributed by atoms with Gasteiger partial charge in [0, 0.05) is 0 Å². The van der Waals surface area contributed by atoms with E-state index >= 15 is 0 Å². The van der Waals surface area contributed by atoms with Crippen LogP contribution in [-0.4, -0.2) is 0 Å². The van der Waals surface area contributed by atoms with Gasteiger partial charge in [0.1, 0.15) is 5.82 Å². The zero-order chi connectivity index (χ0) is 6.85. The Morgan fingerprint density at radius 3 is 2.40 bits per heavy atom. The zero-order valence-corrected chi connectivity index (χ0v) is 6.02. The Labute approximate surface area is 71.1 Å². The Hall–Kier alpha value is -0.453. The average Bonchev–Trinajstić information content (AvgIpc) is 1.80. The molecule has 0 amide bonds. The number of benzene rings is 1. The summed E-state index contributed by atoms with van der Waals surface area (Å²) in [4.78, 5) is 0. The summed E-state index contributed by atoms with van der Waals surface area (Å²) in [6.45, 7) is 1.59. The largest absolute Gasteiger partial charge is 1.00 e. The van der Waals surface area contributed by atoms with E-state index in [1.165, 1.54) is 12.1 Å². The van der Waals surface area contributed by atoms with E-state index in [4.69, 9.17) is 0 Å². The van der Waals surface area contributed by atoms with Crippen LogP contribution in [0.5, 0.6) is 5.75 Å². The maximum Gasteiger partial charge on any atom is 1.00 e. The van der Waals surface area contributed by atoms with E-state index in [2.05, 4.69) is 0 Å². The molecule has 1 rings (SSSR count). The molecule has 0 saturated carbocycles. The van der Waals surface area contributed by atoms with Crippen molar-refractivity contribution in [1.82, 2.24) is 0 Å². The van der Waals surface area contributed by atoms with Gasteiger partial charge in [-0.1, -0.05) is 11.6 Å². The molecule has 1 nitrogen and oxygen atoms in total. The van der Waals surface area contributed by atoms with Crippen LogP contribution in [0.3, 0.4) is 0 Å². The monoisotopic (exact) mass is 132 g/mol. The minimum absolute atomic E-state index is 0. The van der Waals surface area contributed by atoms with E-state index in [-0.39, 0.29) is 30.4 Å². The molecule has 0 bridgehead atoms. The average molecular weight is 132 g/mol. The number of aryl methyl sites for hydroxylation is 1. The maximum atomic E-state index is 12.2. The van der Waals surface area contributed by atoms with Crippen LogP contribution in [0.2, 0.25) is 0 Å². The summed E-state index contributed by atoms with van der Waals surface area (Å²) in [6, 6.07) is 3.61. The first-order valence-electron chi connectivity index (χ1n) is 2.63. The minimum atomic E-state index is -0.355. The second-order valence-corrected chi connectivity index (χ2v) is 1.91. The molecular weight excluding hydrogens is 126 g/mol. The van der Waals surface area contributed by atoms with Crippen molar-refractivity contribution in [2.75, 3.05) is 0 Å². The van der Waals surface area contributed by atoms with E-state index in [1.54, 1.807) is 6.92 Å². The van der Waals surface area contributed by atoms with Crippen molar-refractivity contribution < 1.29 is 28.4 Å². The van der Waals surface area contributed by atoms with Gasteiger partial charge in [-0.05, 0) is 19.1 Å². The molecule has 0 spiro atoms. The molecule has 0 atom stereocenters. The fourth-order valence-electron chi connectivity index (χ4n) is 0.613. The molecule has 0 unspecified atom stereocenters. The van der Waals surface area contributed by atoms with Crippen LogP contribution in [0, 0.1) is 12.7 Å². The van der Waals surface area contributed by atoms with Crippen molar-refractivity contribution in [2.24, 2.45) is 0 Å². The molecule has 1 aromatic rings. The van der Waals surface area contributed by atoms with Gasteiger partial charge in [0.2, 0.25) is 0 Å². The SMILES string of the molecule is Cc1cc(F)ccc1[O-].[Li+]. The van der Waals surface area contributed by atoms with Crippen molar-refractivity contribution in [3.8, 4) is 5.75 Å². The van der Waals surface area contributed by atoms with Crippen LogP contribution in [-0.2, 0) is 0 Å². The molecule has 0 aliphatic rings. The molecule has 10 heavy (non-hydrogen) atoms. The molecular formula is C7H6FLiO. The molecule has 1 aromatic carbocycles. The number of halogens is 1. The quantitative estimate of drug-likeness (QED) is 0.382. The van der Waals surface area contributed by atoms with Gasteiger partial charge in [-0.25, -0.2) is 4.39 Å². The summed E-state index contributed by atoms with van der Waals surface area (Å²) in [5.41, 5.74) is 0.454. The van der Waals surface area contributed by atoms with Gasteiger partial charge in [0.15, 0.2) is 0 Å². The summed E-state index contributed by atoms with van der Waals surface area (Å²) in [5, 5.41) is 10.6. The molecule has 0 radical (unpaired) electrons. The van der Waals surface area contributed by atoms with Gasteiger partial charge in [0.25, 0.3) is 0 Å². The van der Waals surface area contributed by atoms with Crippen LogP contribution >= 0.6 is 0 Å². The summed E-state index contributed by atoms with van der Waals surface area (Å²) < 4.78 is 12.2. The molecule has 0 N–H and O–H groups in total. The normalized spacial score (nSPS) is 8.60. The molecule has 0 saturated heterocycles. The van der Waals surface area contributed by atoms with E-state index in [0.717, 1.165) is 6.07 Å². The zero-order valence-electron chi connectivity index (χ0n) is 6.02. The van der Waals surface area contributed by atoms with Crippen LogP contribution in [0.25, 0.3) is 0 Å². The van der Waals surface area contributed by atoms with E-state index in [1.807, 2.05) is 0 Å². The molecule has 0 fully saturated rings. The Morgan fingerprint density at radius 1 is 1.40 bits per heavy atom. The third kappa shape index (κ3) is 2.06. The number of hydrogen-bond donors (Lipinski definition) is 0. The molecule has 3 heteroatoms. The third-order valence-corrected chi connectivity index (χ3v) is 1.14. The molecule has 0 aromatic heterocycles. The van der Waals surface area contributed by atoms with Crippen LogP contribution in [0.1, 0.15) is 5.56 Å². The Morgan fingerprint density at radius 2 is 2.00 bits per heavy atom. The topological polar surface area (TPSA) is 23.1 Å². The van der Waals surface area contributed by atoms with Crippen LogP contribution in [0.4, 0.5) is 4.39 Å². The van der Waals surface area contributed by atoms with Gasteiger partial charge in [-0.15, -0.1) is 5.75 Å².